The topological polar surface area (TPSA) is 69.7 Å². The first-order valence-corrected chi connectivity index (χ1v) is 10.1. The van der Waals surface area contributed by atoms with Crippen molar-refractivity contribution < 1.29 is 14.4 Å². The SMILES string of the molecule is CC1CCSCCN1C(=O)CN1C(=O)NC2(CCCCC2C)C1=O. The zero-order chi connectivity index (χ0) is 17.3. The molecule has 3 unspecified atom stereocenters. The second-order valence-electron chi connectivity index (χ2n) is 7.28. The Labute approximate surface area is 147 Å². The number of hydrogen-bond donors (Lipinski definition) is 1. The highest BCUT2D eigenvalue weighted by molar-refractivity contribution is 7.99. The van der Waals surface area contributed by atoms with Gasteiger partial charge in [0.1, 0.15) is 12.1 Å². The van der Waals surface area contributed by atoms with Crippen LogP contribution in [-0.2, 0) is 9.59 Å². The van der Waals surface area contributed by atoms with Crippen molar-refractivity contribution in [3.63, 3.8) is 0 Å². The summed E-state index contributed by atoms with van der Waals surface area (Å²) in [6.45, 7) is 4.63. The third-order valence-electron chi connectivity index (χ3n) is 5.80. The van der Waals surface area contributed by atoms with E-state index in [1.165, 1.54) is 0 Å². The predicted octanol–water partition coefficient (Wildman–Crippen LogP) is 1.84. The monoisotopic (exact) mass is 353 g/mol. The Kier molecular flexibility index (Phi) is 5.08. The number of thioether (sulfide) groups is 1. The third-order valence-corrected chi connectivity index (χ3v) is 6.80. The Bertz CT molecular complexity index is 541. The lowest BCUT2D eigenvalue weighted by Gasteiger charge is -2.37. The molecule has 3 atom stereocenters. The van der Waals surface area contributed by atoms with Gasteiger partial charge in [0.2, 0.25) is 5.91 Å². The molecule has 24 heavy (non-hydrogen) atoms. The maximum Gasteiger partial charge on any atom is 0.325 e. The van der Waals surface area contributed by atoms with Crippen LogP contribution in [0.15, 0.2) is 0 Å². The Balaban J connectivity index is 1.71. The smallest absolute Gasteiger partial charge is 0.325 e. The van der Waals surface area contributed by atoms with Crippen molar-refractivity contribution >= 4 is 29.6 Å². The van der Waals surface area contributed by atoms with Crippen molar-refractivity contribution in [2.75, 3.05) is 24.6 Å². The fraction of sp³-hybridized carbons (Fsp3) is 0.824. The van der Waals surface area contributed by atoms with E-state index in [1.807, 2.05) is 30.5 Å². The van der Waals surface area contributed by atoms with Crippen LogP contribution < -0.4 is 5.32 Å². The van der Waals surface area contributed by atoms with Crippen LogP contribution in [0, 0.1) is 5.92 Å². The van der Waals surface area contributed by atoms with Gasteiger partial charge in [0.15, 0.2) is 0 Å². The molecule has 4 amide bonds. The molecule has 1 spiro atoms. The number of carbonyl (C=O) groups excluding carboxylic acids is 3. The first-order valence-electron chi connectivity index (χ1n) is 8.97. The Morgan fingerprint density at radius 3 is 2.79 bits per heavy atom. The molecule has 1 N–H and O–H groups in total. The number of imide groups is 1. The molecule has 6 nitrogen and oxygen atoms in total. The Morgan fingerprint density at radius 1 is 1.25 bits per heavy atom. The highest BCUT2D eigenvalue weighted by Gasteiger charge is 2.55. The molecule has 1 saturated carbocycles. The van der Waals surface area contributed by atoms with Gasteiger partial charge in [-0.3, -0.25) is 14.5 Å². The summed E-state index contributed by atoms with van der Waals surface area (Å²) >= 11 is 1.85. The zero-order valence-electron chi connectivity index (χ0n) is 14.5. The summed E-state index contributed by atoms with van der Waals surface area (Å²) in [5, 5.41) is 2.91. The lowest BCUT2D eigenvalue weighted by atomic mass is 9.73. The summed E-state index contributed by atoms with van der Waals surface area (Å²) in [5.74, 6) is 1.77. The molecule has 0 radical (unpaired) electrons. The standard InChI is InChI=1S/C17H27N3O3S/c1-12-5-3-4-7-17(12)15(22)20(16(23)18-17)11-14(21)19-8-10-24-9-6-13(19)2/h12-13H,3-11H2,1-2H3,(H,18,23). The highest BCUT2D eigenvalue weighted by atomic mass is 32.2. The van der Waals surface area contributed by atoms with Gasteiger partial charge in [0, 0.05) is 18.3 Å². The van der Waals surface area contributed by atoms with Crippen LogP contribution in [0.5, 0.6) is 0 Å². The highest BCUT2D eigenvalue weighted by Crippen LogP contribution is 2.38. The van der Waals surface area contributed by atoms with Crippen LogP contribution in [0.4, 0.5) is 4.79 Å². The molecule has 2 aliphatic heterocycles. The minimum absolute atomic E-state index is 0.117. The van der Waals surface area contributed by atoms with Crippen LogP contribution in [0.25, 0.3) is 0 Å². The molecular weight excluding hydrogens is 326 g/mol. The minimum atomic E-state index is -0.782. The molecule has 3 fully saturated rings. The second-order valence-corrected chi connectivity index (χ2v) is 8.50. The van der Waals surface area contributed by atoms with Gasteiger partial charge in [-0.2, -0.15) is 11.8 Å². The van der Waals surface area contributed by atoms with E-state index in [4.69, 9.17) is 0 Å². The van der Waals surface area contributed by atoms with Gasteiger partial charge in [-0.1, -0.05) is 19.8 Å². The molecule has 3 rings (SSSR count). The van der Waals surface area contributed by atoms with Crippen molar-refractivity contribution in [2.24, 2.45) is 5.92 Å². The fourth-order valence-electron chi connectivity index (χ4n) is 4.13. The molecule has 0 bridgehead atoms. The maximum atomic E-state index is 12.9. The molecule has 3 aliphatic rings. The first kappa shape index (κ1) is 17.6. The largest absolute Gasteiger partial charge is 0.338 e. The van der Waals surface area contributed by atoms with E-state index in [-0.39, 0.29) is 30.3 Å². The van der Waals surface area contributed by atoms with Gasteiger partial charge in [-0.15, -0.1) is 0 Å². The van der Waals surface area contributed by atoms with E-state index in [0.29, 0.717) is 13.0 Å². The summed E-state index contributed by atoms with van der Waals surface area (Å²) < 4.78 is 0. The first-order chi connectivity index (χ1) is 11.5. The van der Waals surface area contributed by atoms with E-state index >= 15 is 0 Å². The van der Waals surface area contributed by atoms with Gasteiger partial charge in [-0.05, 0) is 37.9 Å². The summed E-state index contributed by atoms with van der Waals surface area (Å²) in [4.78, 5) is 41.0. The van der Waals surface area contributed by atoms with Crippen molar-refractivity contribution in [1.29, 1.82) is 0 Å². The third kappa shape index (κ3) is 3.03. The summed E-state index contributed by atoms with van der Waals surface area (Å²) in [5.41, 5.74) is -0.782. The van der Waals surface area contributed by atoms with Crippen molar-refractivity contribution in [1.82, 2.24) is 15.1 Å². The van der Waals surface area contributed by atoms with Gasteiger partial charge in [0.05, 0.1) is 0 Å². The molecule has 0 aromatic rings. The molecule has 2 heterocycles. The number of amides is 4. The van der Waals surface area contributed by atoms with Crippen molar-refractivity contribution in [3.05, 3.63) is 0 Å². The van der Waals surface area contributed by atoms with Crippen LogP contribution >= 0.6 is 11.8 Å². The number of hydrogen-bond acceptors (Lipinski definition) is 4. The summed E-state index contributed by atoms with van der Waals surface area (Å²) in [6.07, 6.45) is 4.61. The van der Waals surface area contributed by atoms with Crippen LogP contribution in [0.3, 0.4) is 0 Å². The molecule has 0 aromatic carbocycles. The van der Waals surface area contributed by atoms with Gasteiger partial charge in [0.25, 0.3) is 5.91 Å². The van der Waals surface area contributed by atoms with E-state index < -0.39 is 11.6 Å². The number of rotatable bonds is 2. The van der Waals surface area contributed by atoms with Crippen molar-refractivity contribution in [2.45, 2.75) is 57.5 Å². The van der Waals surface area contributed by atoms with Crippen LogP contribution in [0.2, 0.25) is 0 Å². The average Bonchev–Trinajstić information content (AvgIpc) is 2.71. The number of urea groups is 1. The predicted molar refractivity (Wildman–Crippen MR) is 93.7 cm³/mol. The van der Waals surface area contributed by atoms with E-state index in [2.05, 4.69) is 5.32 Å². The second kappa shape index (κ2) is 6.94. The van der Waals surface area contributed by atoms with Gasteiger partial charge >= 0.3 is 6.03 Å². The Hall–Kier alpha value is -1.24. The Morgan fingerprint density at radius 2 is 2.04 bits per heavy atom. The maximum absolute atomic E-state index is 12.9. The quantitative estimate of drug-likeness (QED) is 0.769. The van der Waals surface area contributed by atoms with E-state index in [9.17, 15) is 14.4 Å². The van der Waals surface area contributed by atoms with Crippen molar-refractivity contribution in [3.8, 4) is 0 Å². The number of nitrogens with one attached hydrogen (secondary N) is 1. The number of carbonyl (C=O) groups is 3. The lowest BCUT2D eigenvalue weighted by molar-refractivity contribution is -0.141. The molecule has 1 aliphatic carbocycles. The minimum Gasteiger partial charge on any atom is -0.338 e. The lowest BCUT2D eigenvalue weighted by Crippen LogP contribution is -2.54. The molecular formula is C17H27N3O3S. The normalized spacial score (nSPS) is 34.4. The summed E-state index contributed by atoms with van der Waals surface area (Å²) in [7, 11) is 0. The average molecular weight is 353 g/mol. The summed E-state index contributed by atoms with van der Waals surface area (Å²) in [6, 6.07) is -0.241. The molecule has 2 saturated heterocycles. The van der Waals surface area contributed by atoms with E-state index in [0.717, 1.165) is 42.1 Å². The van der Waals surface area contributed by atoms with Crippen LogP contribution in [0.1, 0.15) is 46.0 Å². The molecule has 7 heteroatoms. The molecule has 134 valence electrons. The molecule has 0 aromatic heterocycles. The fourth-order valence-corrected chi connectivity index (χ4v) is 5.17. The number of nitrogens with zero attached hydrogens (tertiary/aromatic N) is 2. The van der Waals surface area contributed by atoms with Gasteiger partial charge in [-0.25, -0.2) is 4.79 Å². The zero-order valence-corrected chi connectivity index (χ0v) is 15.4. The van der Waals surface area contributed by atoms with Gasteiger partial charge < -0.3 is 10.2 Å². The van der Waals surface area contributed by atoms with Crippen LogP contribution in [-0.4, -0.2) is 63.8 Å². The van der Waals surface area contributed by atoms with E-state index in [1.54, 1.807) is 0 Å².